The molecular weight excluding hydrogens is 331 g/mol. The summed E-state index contributed by atoms with van der Waals surface area (Å²) in [6.07, 6.45) is 5.48. The summed E-state index contributed by atoms with van der Waals surface area (Å²) in [6.45, 7) is 2.03. The highest BCUT2D eigenvalue weighted by Crippen LogP contribution is 2.44. The summed E-state index contributed by atoms with van der Waals surface area (Å²) in [5.74, 6) is 0. The van der Waals surface area contributed by atoms with Crippen molar-refractivity contribution in [2.75, 3.05) is 14.2 Å². The lowest BCUT2D eigenvalue weighted by Crippen LogP contribution is -2.39. The zero-order chi connectivity index (χ0) is 16.6. The quantitative estimate of drug-likeness (QED) is 0.797. The first-order valence-corrected chi connectivity index (χ1v) is 8.68. The zero-order valence-corrected chi connectivity index (χ0v) is 15.2. The van der Waals surface area contributed by atoms with E-state index in [1.165, 1.54) is 24.0 Å². The molecule has 2 aliphatic heterocycles. The summed E-state index contributed by atoms with van der Waals surface area (Å²) in [6, 6.07) is 6.92. The monoisotopic (exact) mass is 352 g/mol. The van der Waals surface area contributed by atoms with Crippen LogP contribution < -0.4 is 5.48 Å². The van der Waals surface area contributed by atoms with Crippen LogP contribution in [0.25, 0.3) is 5.57 Å². The van der Waals surface area contributed by atoms with Crippen LogP contribution in [0.3, 0.4) is 0 Å². The first kappa shape index (κ1) is 16.8. The number of nitrogens with one attached hydrogen (secondary N) is 1. The van der Waals surface area contributed by atoms with Crippen molar-refractivity contribution in [2.24, 2.45) is 0 Å². The summed E-state index contributed by atoms with van der Waals surface area (Å²) < 4.78 is 0. The van der Waals surface area contributed by atoms with Crippen molar-refractivity contribution < 1.29 is 4.84 Å². The molecule has 3 nitrogen and oxygen atoms in total. The maximum atomic E-state index is 6.25. The summed E-state index contributed by atoms with van der Waals surface area (Å²) in [5.41, 5.74) is 7.88. The van der Waals surface area contributed by atoms with Crippen LogP contribution in [0, 0.1) is 0 Å². The highest BCUT2D eigenvalue weighted by Gasteiger charge is 2.40. The van der Waals surface area contributed by atoms with Gasteiger partial charge in [0.1, 0.15) is 0 Å². The number of nitrogens with zero attached hydrogens (tertiary/aromatic N) is 1. The molecule has 5 heteroatoms. The van der Waals surface area contributed by atoms with E-state index in [1.54, 1.807) is 7.11 Å². The molecule has 23 heavy (non-hydrogen) atoms. The Bertz CT molecular complexity index is 669. The standard InChI is InChI=1S/C18H22Cl2N2O/c1-4-16(21-23-3)18-13(10-12-6-8-17(18)22(12)2)11-5-7-14(19)15(20)9-11/h4-5,7,9,12,17,21H,6,8,10H2,1-3H3/t12?,17-/m1/s1. The van der Waals surface area contributed by atoms with Crippen LogP contribution in [0.2, 0.25) is 10.0 Å². The molecule has 1 unspecified atom stereocenters. The molecule has 0 amide bonds. The average molecular weight is 353 g/mol. The Morgan fingerprint density at radius 3 is 2.74 bits per heavy atom. The van der Waals surface area contributed by atoms with Crippen LogP contribution in [0.1, 0.15) is 31.7 Å². The summed E-state index contributed by atoms with van der Waals surface area (Å²) in [4.78, 5) is 7.68. The fourth-order valence-electron chi connectivity index (χ4n) is 3.83. The van der Waals surface area contributed by atoms with Gasteiger partial charge in [0.25, 0.3) is 0 Å². The van der Waals surface area contributed by atoms with Gasteiger partial charge in [0.2, 0.25) is 0 Å². The molecule has 1 aromatic carbocycles. The molecule has 124 valence electrons. The Morgan fingerprint density at radius 2 is 2.09 bits per heavy atom. The molecule has 2 aliphatic rings. The normalized spacial score (nSPS) is 25.2. The Kier molecular flexibility index (Phi) is 5.02. The topological polar surface area (TPSA) is 24.5 Å². The largest absolute Gasteiger partial charge is 0.296 e. The van der Waals surface area contributed by atoms with Gasteiger partial charge in [-0.1, -0.05) is 35.3 Å². The highest BCUT2D eigenvalue weighted by atomic mass is 35.5. The molecule has 0 radical (unpaired) electrons. The van der Waals surface area contributed by atoms with Gasteiger partial charge in [0.15, 0.2) is 0 Å². The first-order chi connectivity index (χ1) is 11.1. The van der Waals surface area contributed by atoms with E-state index in [9.17, 15) is 0 Å². The van der Waals surface area contributed by atoms with Gasteiger partial charge in [-0.05, 0) is 62.1 Å². The molecule has 1 N–H and O–H groups in total. The van der Waals surface area contributed by atoms with E-state index in [4.69, 9.17) is 28.0 Å². The molecule has 0 spiro atoms. The summed E-state index contributed by atoms with van der Waals surface area (Å²) >= 11 is 12.3. The lowest BCUT2D eigenvalue weighted by Gasteiger charge is -2.36. The Balaban J connectivity index is 2.14. The SMILES string of the molecule is CC=C(NOC)C1=C(c2ccc(Cl)c(Cl)c2)CC2CC[C@H]1N2C. The molecular formula is C18H22Cl2N2O. The van der Waals surface area contributed by atoms with Crippen molar-refractivity contribution >= 4 is 28.8 Å². The number of benzene rings is 1. The molecule has 0 saturated carbocycles. The fraction of sp³-hybridized carbons (Fsp3) is 0.444. The van der Waals surface area contributed by atoms with Gasteiger partial charge in [-0.25, -0.2) is 0 Å². The fourth-order valence-corrected chi connectivity index (χ4v) is 4.13. The van der Waals surface area contributed by atoms with Crippen molar-refractivity contribution in [1.29, 1.82) is 0 Å². The molecule has 2 heterocycles. The van der Waals surface area contributed by atoms with Crippen molar-refractivity contribution in [1.82, 2.24) is 10.4 Å². The van der Waals surface area contributed by atoms with Crippen LogP contribution in [-0.2, 0) is 4.84 Å². The maximum Gasteiger partial charge on any atom is 0.0636 e. The molecule has 3 rings (SSSR count). The molecule has 2 atom stereocenters. The van der Waals surface area contributed by atoms with E-state index in [0.717, 1.165) is 17.7 Å². The van der Waals surface area contributed by atoms with Gasteiger partial charge >= 0.3 is 0 Å². The molecule has 2 bridgehead atoms. The van der Waals surface area contributed by atoms with Gasteiger partial charge in [-0.2, -0.15) is 0 Å². The molecule has 0 aliphatic carbocycles. The summed E-state index contributed by atoms with van der Waals surface area (Å²) in [5, 5.41) is 1.19. The third-order valence-corrected chi connectivity index (χ3v) is 5.74. The van der Waals surface area contributed by atoms with E-state index < -0.39 is 0 Å². The van der Waals surface area contributed by atoms with Gasteiger partial charge in [-0.3, -0.25) is 15.2 Å². The highest BCUT2D eigenvalue weighted by molar-refractivity contribution is 6.42. The second-order valence-corrected chi connectivity index (χ2v) is 6.96. The predicted octanol–water partition coefficient (Wildman–Crippen LogP) is 4.67. The van der Waals surface area contributed by atoms with E-state index in [1.807, 2.05) is 19.1 Å². The Morgan fingerprint density at radius 1 is 1.30 bits per heavy atom. The number of likely N-dealkylation sites (N-methyl/N-ethyl adjacent to an activating group) is 1. The first-order valence-electron chi connectivity index (χ1n) is 7.92. The Hall–Kier alpha value is -1.000. The van der Waals surface area contributed by atoms with E-state index in [2.05, 4.69) is 29.6 Å². The van der Waals surface area contributed by atoms with Crippen LogP contribution in [0.4, 0.5) is 0 Å². The number of rotatable bonds is 4. The number of allylic oxidation sites excluding steroid dienone is 1. The average Bonchev–Trinajstić information content (AvgIpc) is 2.78. The minimum atomic E-state index is 0.409. The number of hydrogen-bond donors (Lipinski definition) is 1. The number of hydrogen-bond acceptors (Lipinski definition) is 3. The molecule has 1 saturated heterocycles. The van der Waals surface area contributed by atoms with Gasteiger partial charge in [0.05, 0.1) is 22.9 Å². The smallest absolute Gasteiger partial charge is 0.0636 e. The molecule has 1 fully saturated rings. The lowest BCUT2D eigenvalue weighted by atomic mass is 9.87. The van der Waals surface area contributed by atoms with Gasteiger partial charge < -0.3 is 0 Å². The van der Waals surface area contributed by atoms with Crippen molar-refractivity contribution in [3.8, 4) is 0 Å². The molecule has 1 aromatic rings. The van der Waals surface area contributed by atoms with E-state index >= 15 is 0 Å². The minimum Gasteiger partial charge on any atom is -0.296 e. The number of hydroxylamine groups is 1. The summed E-state index contributed by atoms with van der Waals surface area (Å²) in [7, 11) is 3.86. The van der Waals surface area contributed by atoms with Crippen LogP contribution in [0.5, 0.6) is 0 Å². The maximum absolute atomic E-state index is 6.25. The third kappa shape index (κ3) is 3.03. The number of halogens is 2. The Labute approximate surface area is 147 Å². The third-order valence-electron chi connectivity index (χ3n) is 5.00. The van der Waals surface area contributed by atoms with Crippen LogP contribution in [0.15, 0.2) is 35.5 Å². The van der Waals surface area contributed by atoms with Crippen molar-refractivity contribution in [3.05, 3.63) is 51.2 Å². The second-order valence-electron chi connectivity index (χ2n) is 6.15. The van der Waals surface area contributed by atoms with Gasteiger partial charge in [-0.15, -0.1) is 0 Å². The van der Waals surface area contributed by atoms with Crippen LogP contribution >= 0.6 is 23.2 Å². The second kappa shape index (κ2) is 6.86. The zero-order valence-electron chi connectivity index (χ0n) is 13.7. The van der Waals surface area contributed by atoms with Crippen LogP contribution in [-0.4, -0.2) is 31.1 Å². The van der Waals surface area contributed by atoms with Gasteiger partial charge in [0, 0.05) is 12.1 Å². The van der Waals surface area contributed by atoms with E-state index in [0.29, 0.717) is 22.1 Å². The molecule has 0 aromatic heterocycles. The van der Waals surface area contributed by atoms with Crippen molar-refractivity contribution in [3.63, 3.8) is 0 Å². The lowest BCUT2D eigenvalue weighted by molar-refractivity contribution is 0.117. The number of fused-ring (bicyclic) bond motifs is 2. The minimum absolute atomic E-state index is 0.409. The van der Waals surface area contributed by atoms with Crippen molar-refractivity contribution in [2.45, 2.75) is 38.3 Å². The van der Waals surface area contributed by atoms with E-state index in [-0.39, 0.29) is 0 Å². The predicted molar refractivity (Wildman–Crippen MR) is 96.5 cm³/mol.